The van der Waals surface area contributed by atoms with E-state index in [1.165, 1.54) is 11.1 Å². The third-order valence-corrected chi connectivity index (χ3v) is 3.72. The van der Waals surface area contributed by atoms with Gasteiger partial charge in [-0.25, -0.2) is 0 Å². The van der Waals surface area contributed by atoms with Gasteiger partial charge in [0.15, 0.2) is 0 Å². The Kier molecular flexibility index (Phi) is 6.99. The second kappa shape index (κ2) is 8.25. The number of hydrogen-bond donors (Lipinski definition) is 2. The topological polar surface area (TPSA) is 44.4 Å². The number of benzene rings is 1. The largest absolute Gasteiger partial charge is 0.353 e. The number of rotatable bonds is 5. The van der Waals surface area contributed by atoms with E-state index < -0.39 is 0 Å². The molecule has 4 nitrogen and oxygen atoms in total. The third-order valence-electron chi connectivity index (χ3n) is 3.72. The number of nitrogens with zero attached hydrogens (tertiary/aromatic N) is 1. The fourth-order valence-corrected chi connectivity index (χ4v) is 2.51. The summed E-state index contributed by atoms with van der Waals surface area (Å²) in [6, 6.07) is 8.99. The number of hydrogen-bond acceptors (Lipinski definition) is 3. The second-order valence-corrected chi connectivity index (χ2v) is 5.17. The summed E-state index contributed by atoms with van der Waals surface area (Å²) in [6.07, 6.45) is 1.10. The van der Waals surface area contributed by atoms with Gasteiger partial charge in [-0.3, -0.25) is 9.69 Å². The van der Waals surface area contributed by atoms with Gasteiger partial charge in [-0.15, -0.1) is 12.4 Å². The number of nitrogens with one attached hydrogen (secondary N) is 2. The Morgan fingerprint density at radius 2 is 2.05 bits per heavy atom. The van der Waals surface area contributed by atoms with Gasteiger partial charge in [0.25, 0.3) is 0 Å². The molecule has 1 amide bonds. The maximum absolute atomic E-state index is 11.4. The van der Waals surface area contributed by atoms with Crippen LogP contribution in [0.3, 0.4) is 0 Å². The lowest BCUT2D eigenvalue weighted by Crippen LogP contribution is -2.45. The average molecular weight is 298 g/mol. The minimum Gasteiger partial charge on any atom is -0.353 e. The van der Waals surface area contributed by atoms with Gasteiger partial charge in [0.05, 0.1) is 6.54 Å². The monoisotopic (exact) mass is 297 g/mol. The van der Waals surface area contributed by atoms with Gasteiger partial charge in [-0.2, -0.15) is 0 Å². The average Bonchev–Trinajstić information content (AvgIpc) is 2.44. The molecule has 2 N–H and O–H groups in total. The molecule has 0 aliphatic carbocycles. The highest BCUT2D eigenvalue weighted by molar-refractivity contribution is 5.85. The van der Waals surface area contributed by atoms with Crippen LogP contribution in [0.25, 0.3) is 0 Å². The smallest absolute Gasteiger partial charge is 0.234 e. The summed E-state index contributed by atoms with van der Waals surface area (Å²) in [5.74, 6) is 0.0618. The van der Waals surface area contributed by atoms with Gasteiger partial charge in [0.2, 0.25) is 5.91 Å². The molecule has 20 heavy (non-hydrogen) atoms. The molecule has 1 aliphatic rings. The van der Waals surface area contributed by atoms with Crippen LogP contribution in [-0.4, -0.2) is 43.5 Å². The summed E-state index contributed by atoms with van der Waals surface area (Å²) in [5, 5.41) is 5.82. The molecule has 112 valence electrons. The fraction of sp³-hybridized carbons (Fsp3) is 0.533. The molecule has 0 saturated heterocycles. The van der Waals surface area contributed by atoms with Crippen molar-refractivity contribution < 1.29 is 4.79 Å². The molecule has 0 radical (unpaired) electrons. The van der Waals surface area contributed by atoms with E-state index in [0.29, 0.717) is 19.1 Å². The molecule has 5 heteroatoms. The van der Waals surface area contributed by atoms with Crippen molar-refractivity contribution in [3.63, 3.8) is 0 Å². The van der Waals surface area contributed by atoms with Gasteiger partial charge in [-0.1, -0.05) is 24.3 Å². The van der Waals surface area contributed by atoms with Gasteiger partial charge in [-0.05, 0) is 31.5 Å². The Hall–Kier alpha value is -1.10. The van der Waals surface area contributed by atoms with Crippen molar-refractivity contribution in [1.29, 1.82) is 0 Å². The SMILES string of the molecule is CNCC(=O)NCC(C)N1CCc2ccccc2C1.Cl. The van der Waals surface area contributed by atoms with Gasteiger partial charge >= 0.3 is 0 Å². The van der Waals surface area contributed by atoms with Crippen molar-refractivity contribution >= 4 is 18.3 Å². The quantitative estimate of drug-likeness (QED) is 0.858. The predicted molar refractivity (Wildman–Crippen MR) is 84.2 cm³/mol. The molecule has 2 rings (SSSR count). The first-order chi connectivity index (χ1) is 9.20. The van der Waals surface area contributed by atoms with Crippen LogP contribution in [-0.2, 0) is 17.8 Å². The highest BCUT2D eigenvalue weighted by Crippen LogP contribution is 2.19. The number of likely N-dealkylation sites (N-methyl/N-ethyl adjacent to an activating group) is 1. The molecule has 0 spiro atoms. The molecular formula is C15H24ClN3O. The Morgan fingerprint density at radius 3 is 2.75 bits per heavy atom. The van der Waals surface area contributed by atoms with Crippen LogP contribution in [0.5, 0.6) is 0 Å². The third kappa shape index (κ3) is 4.47. The molecule has 0 bridgehead atoms. The predicted octanol–water partition coefficient (Wildman–Crippen LogP) is 1.19. The minimum atomic E-state index is 0. The Balaban J connectivity index is 0.00000200. The van der Waals surface area contributed by atoms with Crippen LogP contribution in [0.15, 0.2) is 24.3 Å². The van der Waals surface area contributed by atoms with Gasteiger partial charge in [0.1, 0.15) is 0 Å². The highest BCUT2D eigenvalue weighted by Gasteiger charge is 2.20. The van der Waals surface area contributed by atoms with E-state index in [-0.39, 0.29) is 18.3 Å². The van der Waals surface area contributed by atoms with Gasteiger partial charge in [0, 0.05) is 25.7 Å². The maximum Gasteiger partial charge on any atom is 0.234 e. The molecule has 1 aromatic carbocycles. The molecule has 1 unspecified atom stereocenters. The summed E-state index contributed by atoms with van der Waals surface area (Å²) in [5.41, 5.74) is 2.88. The van der Waals surface area contributed by atoms with Gasteiger partial charge < -0.3 is 10.6 Å². The zero-order valence-corrected chi connectivity index (χ0v) is 13.0. The van der Waals surface area contributed by atoms with Crippen LogP contribution in [0.2, 0.25) is 0 Å². The summed E-state index contributed by atoms with van der Waals surface area (Å²) >= 11 is 0. The molecule has 1 heterocycles. The van der Waals surface area contributed by atoms with Crippen LogP contribution in [0.4, 0.5) is 0 Å². The van der Waals surface area contributed by atoms with Crippen molar-refractivity contribution in [3.8, 4) is 0 Å². The lowest BCUT2D eigenvalue weighted by atomic mass is 9.99. The first kappa shape index (κ1) is 17.0. The zero-order valence-electron chi connectivity index (χ0n) is 12.2. The highest BCUT2D eigenvalue weighted by atomic mass is 35.5. The number of fused-ring (bicyclic) bond motifs is 1. The van der Waals surface area contributed by atoms with Crippen LogP contribution >= 0.6 is 12.4 Å². The standard InChI is InChI=1S/C15H23N3O.ClH/c1-12(9-17-15(19)10-16-2)18-8-7-13-5-3-4-6-14(13)11-18;/h3-6,12,16H,7-11H2,1-2H3,(H,17,19);1H. The number of amides is 1. The first-order valence-electron chi connectivity index (χ1n) is 6.93. The van der Waals surface area contributed by atoms with Crippen LogP contribution < -0.4 is 10.6 Å². The summed E-state index contributed by atoms with van der Waals surface area (Å²) < 4.78 is 0. The van der Waals surface area contributed by atoms with Crippen molar-refractivity contribution in [2.75, 3.05) is 26.7 Å². The van der Waals surface area contributed by atoms with E-state index in [1.54, 1.807) is 7.05 Å². The van der Waals surface area contributed by atoms with Crippen molar-refractivity contribution in [2.45, 2.75) is 25.9 Å². The lowest BCUT2D eigenvalue weighted by Gasteiger charge is -2.33. The van der Waals surface area contributed by atoms with Crippen LogP contribution in [0, 0.1) is 0 Å². The number of carbonyl (C=O) groups is 1. The van der Waals surface area contributed by atoms with E-state index in [0.717, 1.165) is 19.5 Å². The molecule has 0 fully saturated rings. The second-order valence-electron chi connectivity index (χ2n) is 5.17. The summed E-state index contributed by atoms with van der Waals surface area (Å²) in [4.78, 5) is 13.9. The van der Waals surface area contributed by atoms with Crippen molar-refractivity contribution in [2.24, 2.45) is 0 Å². The van der Waals surface area contributed by atoms with E-state index in [1.807, 2.05) is 0 Å². The molecular weight excluding hydrogens is 274 g/mol. The van der Waals surface area contributed by atoms with Crippen molar-refractivity contribution in [1.82, 2.24) is 15.5 Å². The minimum absolute atomic E-state index is 0. The number of carbonyl (C=O) groups excluding carboxylic acids is 1. The number of halogens is 1. The first-order valence-corrected chi connectivity index (χ1v) is 6.93. The molecule has 1 aliphatic heterocycles. The molecule has 0 saturated carbocycles. The van der Waals surface area contributed by atoms with E-state index in [4.69, 9.17) is 0 Å². The van der Waals surface area contributed by atoms with Crippen molar-refractivity contribution in [3.05, 3.63) is 35.4 Å². The normalized spacial score (nSPS) is 15.9. The maximum atomic E-state index is 11.4. The fourth-order valence-electron chi connectivity index (χ4n) is 2.51. The summed E-state index contributed by atoms with van der Waals surface area (Å²) in [7, 11) is 1.78. The van der Waals surface area contributed by atoms with E-state index >= 15 is 0 Å². The molecule has 0 aromatic heterocycles. The van der Waals surface area contributed by atoms with E-state index in [2.05, 4.69) is 46.7 Å². The molecule has 1 atom stereocenters. The van der Waals surface area contributed by atoms with Crippen LogP contribution in [0.1, 0.15) is 18.1 Å². The zero-order chi connectivity index (χ0) is 13.7. The summed E-state index contributed by atoms with van der Waals surface area (Å²) in [6.45, 7) is 5.32. The Labute approximate surface area is 127 Å². The molecule has 1 aromatic rings. The lowest BCUT2D eigenvalue weighted by molar-refractivity contribution is -0.120. The Morgan fingerprint density at radius 1 is 1.35 bits per heavy atom. The Bertz CT molecular complexity index is 439. The van der Waals surface area contributed by atoms with E-state index in [9.17, 15) is 4.79 Å².